The molecule has 2 N–H and O–H groups in total. The number of carbonyl (C=O) groups excluding carboxylic acids is 2. The Morgan fingerprint density at radius 2 is 1.00 bits per heavy atom. The topological polar surface area (TPSA) is 173 Å². The quantitative estimate of drug-likeness (QED) is 0.196. The Morgan fingerprint density at radius 1 is 0.694 bits per heavy atom. The molecule has 14 heteroatoms. The Morgan fingerprint density at radius 3 is 1.25 bits per heavy atom. The first-order valence-electron chi connectivity index (χ1n) is 10.1. The van der Waals surface area contributed by atoms with Crippen molar-refractivity contribution in [3.05, 3.63) is 47.5 Å². The van der Waals surface area contributed by atoms with Crippen LogP contribution in [-0.2, 0) is 29.8 Å². The van der Waals surface area contributed by atoms with Crippen LogP contribution in [0.2, 0.25) is 0 Å². The second-order valence-corrected chi connectivity index (χ2v) is 10.7. The maximum Gasteiger partial charge on any atom is 1.00 e. The van der Waals surface area contributed by atoms with E-state index in [2.05, 4.69) is 10.6 Å². The predicted molar refractivity (Wildman–Crippen MR) is 125 cm³/mol. The molecule has 0 aliphatic heterocycles. The first-order chi connectivity index (χ1) is 15.6. The Balaban J connectivity index is 0.00000612. The number of amides is 2. The molecule has 0 aromatic heterocycles. The first-order valence-corrected chi connectivity index (χ1v) is 12.9. The van der Waals surface area contributed by atoms with Crippen LogP contribution in [0.1, 0.15) is 38.8 Å². The van der Waals surface area contributed by atoms with Gasteiger partial charge in [-0.1, -0.05) is 52.0 Å². The van der Waals surface area contributed by atoms with Gasteiger partial charge in [-0.2, -0.15) is 0 Å². The fraction of sp³-hybridized carbons (Fsp3) is 0.273. The summed E-state index contributed by atoms with van der Waals surface area (Å²) in [7, 11) is -9.93. The van der Waals surface area contributed by atoms with E-state index in [1.165, 1.54) is 24.3 Å². The molecule has 10 nitrogen and oxygen atoms in total. The fourth-order valence-electron chi connectivity index (χ4n) is 2.69. The van der Waals surface area contributed by atoms with Crippen molar-refractivity contribution in [1.82, 2.24) is 0 Å². The van der Waals surface area contributed by atoms with Crippen LogP contribution >= 0.6 is 0 Å². The minimum atomic E-state index is -4.96. The van der Waals surface area contributed by atoms with E-state index in [9.17, 15) is 35.5 Å². The summed E-state index contributed by atoms with van der Waals surface area (Å²) in [6.45, 7) is 6.55. The summed E-state index contributed by atoms with van der Waals surface area (Å²) >= 11 is 0. The van der Waals surface area contributed by atoms with Crippen LogP contribution < -0.4 is 69.7 Å². The molecule has 0 atom stereocenters. The van der Waals surface area contributed by atoms with E-state index in [0.29, 0.717) is 0 Å². The van der Waals surface area contributed by atoms with Gasteiger partial charge in [0.1, 0.15) is 20.2 Å². The van der Waals surface area contributed by atoms with Crippen LogP contribution in [0.4, 0.5) is 11.4 Å². The zero-order chi connectivity index (χ0) is 25.8. The molecule has 0 bridgehead atoms. The van der Waals surface area contributed by atoms with E-state index in [1.807, 2.05) is 0 Å². The van der Waals surface area contributed by atoms with E-state index in [1.54, 1.807) is 27.7 Å². The van der Waals surface area contributed by atoms with E-state index in [0.717, 1.165) is 24.3 Å². The smallest absolute Gasteiger partial charge is 0.744 e. The number of rotatable bonds is 8. The molecule has 2 amide bonds. The van der Waals surface area contributed by atoms with Crippen LogP contribution in [0.15, 0.2) is 46.2 Å². The molecule has 0 fully saturated rings. The number of benzene rings is 2. The van der Waals surface area contributed by atoms with Crippen LogP contribution in [0, 0.1) is 11.8 Å². The largest absolute Gasteiger partial charge is 1.00 e. The van der Waals surface area contributed by atoms with Gasteiger partial charge in [0.25, 0.3) is 0 Å². The summed E-state index contributed by atoms with van der Waals surface area (Å²) in [6, 6.07) is 7.28. The molecule has 0 aliphatic rings. The van der Waals surface area contributed by atoms with Gasteiger partial charge >= 0.3 is 59.1 Å². The summed E-state index contributed by atoms with van der Waals surface area (Å²) in [5.74, 6) is -1.53. The molecule has 0 aliphatic carbocycles. The molecule has 0 unspecified atom stereocenters. The SMILES string of the molecule is CC(C)C(=O)Nc1ccc(/C=C/c2ccc(NC(=O)C(C)C)cc2S(=O)(=O)[O-])c(S(=O)(=O)[O-])c1.[Na+].[Na+]. The maximum atomic E-state index is 11.9. The number of carbonyl (C=O) groups is 2. The Hall–Kier alpha value is -1.06. The van der Waals surface area contributed by atoms with E-state index in [4.69, 9.17) is 0 Å². The molecule has 36 heavy (non-hydrogen) atoms. The zero-order valence-corrected chi connectivity index (χ0v) is 26.5. The number of nitrogens with one attached hydrogen (secondary N) is 2. The molecule has 2 aromatic rings. The molecule has 0 saturated heterocycles. The van der Waals surface area contributed by atoms with Gasteiger partial charge in [0.15, 0.2) is 0 Å². The Bertz CT molecular complexity index is 1250. The Kier molecular flexibility index (Phi) is 13.8. The minimum absolute atomic E-state index is 0. The third-order valence-corrected chi connectivity index (χ3v) is 6.38. The normalized spacial score (nSPS) is 11.7. The summed E-state index contributed by atoms with van der Waals surface area (Å²) in [5.41, 5.74) is 0.0321. The molecular formula is C22H24N2Na2O8S2. The van der Waals surface area contributed by atoms with Gasteiger partial charge in [-0.05, 0) is 35.4 Å². The third kappa shape index (κ3) is 10.0. The van der Waals surface area contributed by atoms with Crippen molar-refractivity contribution in [2.45, 2.75) is 37.5 Å². The van der Waals surface area contributed by atoms with E-state index in [-0.39, 0.29) is 105 Å². The second kappa shape index (κ2) is 14.2. The van der Waals surface area contributed by atoms with Gasteiger partial charge in [-0.15, -0.1) is 0 Å². The number of anilines is 2. The number of hydrogen-bond acceptors (Lipinski definition) is 8. The van der Waals surface area contributed by atoms with Gasteiger partial charge < -0.3 is 19.7 Å². The van der Waals surface area contributed by atoms with Crippen molar-refractivity contribution in [3.63, 3.8) is 0 Å². The molecular weight excluding hydrogens is 530 g/mol. The molecule has 0 saturated carbocycles. The van der Waals surface area contributed by atoms with Gasteiger partial charge in [0.2, 0.25) is 11.8 Å². The monoisotopic (exact) mass is 554 g/mol. The molecule has 0 heterocycles. The van der Waals surface area contributed by atoms with Gasteiger partial charge in [0.05, 0.1) is 9.79 Å². The van der Waals surface area contributed by atoms with Gasteiger partial charge in [-0.25, -0.2) is 16.8 Å². The summed E-state index contributed by atoms with van der Waals surface area (Å²) < 4.78 is 70.7. The molecule has 0 spiro atoms. The average Bonchev–Trinajstić information content (AvgIpc) is 2.71. The van der Waals surface area contributed by atoms with Gasteiger partial charge in [0, 0.05) is 23.2 Å². The fourth-order valence-corrected chi connectivity index (χ4v) is 4.08. The summed E-state index contributed by atoms with van der Waals surface area (Å²) in [5, 5.41) is 4.98. The van der Waals surface area contributed by atoms with Crippen LogP contribution in [0.25, 0.3) is 12.2 Å². The van der Waals surface area contributed by atoms with Crippen LogP contribution in [0.5, 0.6) is 0 Å². The number of hydrogen-bond donors (Lipinski definition) is 2. The Labute approximate surface area is 255 Å². The zero-order valence-electron chi connectivity index (χ0n) is 20.9. The molecule has 0 radical (unpaired) electrons. The van der Waals surface area contributed by atoms with Crippen LogP contribution in [0.3, 0.4) is 0 Å². The average molecular weight is 555 g/mol. The van der Waals surface area contributed by atoms with E-state index < -0.39 is 30.0 Å². The minimum Gasteiger partial charge on any atom is -0.744 e. The summed E-state index contributed by atoms with van der Waals surface area (Å²) in [4.78, 5) is 22.5. The van der Waals surface area contributed by atoms with Crippen molar-refractivity contribution in [2.75, 3.05) is 10.6 Å². The molecule has 184 valence electrons. The first kappa shape index (κ1) is 34.9. The molecule has 2 aromatic carbocycles. The maximum absolute atomic E-state index is 11.9. The third-order valence-electron chi connectivity index (χ3n) is 4.59. The van der Waals surface area contributed by atoms with Crippen molar-refractivity contribution in [3.8, 4) is 0 Å². The van der Waals surface area contributed by atoms with Crippen LogP contribution in [-0.4, -0.2) is 37.8 Å². The van der Waals surface area contributed by atoms with Crippen molar-refractivity contribution >= 4 is 55.6 Å². The molecule has 2 rings (SSSR count). The van der Waals surface area contributed by atoms with Crippen molar-refractivity contribution in [2.24, 2.45) is 11.8 Å². The van der Waals surface area contributed by atoms with Crippen molar-refractivity contribution < 1.29 is 94.6 Å². The van der Waals surface area contributed by atoms with E-state index >= 15 is 0 Å². The van der Waals surface area contributed by atoms with Gasteiger partial charge in [-0.3, -0.25) is 9.59 Å². The van der Waals surface area contributed by atoms with Crippen molar-refractivity contribution in [1.29, 1.82) is 0 Å². The second-order valence-electron chi connectivity index (χ2n) is 8.03. The standard InChI is InChI=1S/C22H26N2O8S2.2Na/c1-13(2)21(25)23-17-9-7-15(19(11-17)33(27,28)29)5-6-16-8-10-18(24-22(26)14(3)4)12-20(16)34(30,31)32;;/h5-14H,1-4H3,(H,23,25)(H,24,26)(H,27,28,29)(H,30,31,32);;/q;2*+1/p-2/b6-5+;;. The summed E-state index contributed by atoms with van der Waals surface area (Å²) in [6.07, 6.45) is 2.32. The predicted octanol–water partition coefficient (Wildman–Crippen LogP) is -3.14.